The van der Waals surface area contributed by atoms with E-state index in [0.717, 1.165) is 18.8 Å². The largest absolute Gasteiger partial charge is 0.388 e. The third-order valence-electron chi connectivity index (χ3n) is 1.49. The smallest absolute Gasteiger partial charge is 0.0831 e. The lowest BCUT2D eigenvalue weighted by molar-refractivity contribution is 0.0949. The predicted octanol–water partition coefficient (Wildman–Crippen LogP) is 0.466. The van der Waals surface area contributed by atoms with Crippen molar-refractivity contribution >= 4 is 11.8 Å². The van der Waals surface area contributed by atoms with Crippen LogP contribution in [0.3, 0.4) is 0 Å². The first-order valence-electron chi connectivity index (χ1n) is 4.11. The van der Waals surface area contributed by atoms with Crippen molar-refractivity contribution in [1.29, 1.82) is 0 Å². The van der Waals surface area contributed by atoms with E-state index in [1.54, 1.807) is 25.8 Å². The third-order valence-corrected chi connectivity index (χ3v) is 2.89. The molecule has 0 aromatic rings. The topological polar surface area (TPSA) is 55.5 Å². The van der Waals surface area contributed by atoms with Crippen LogP contribution in [0.1, 0.15) is 13.3 Å². The standard InChI is InChI=1S/C8H19NO2S/c1-8(10,6-9)7-12-5-3-4-11-2/h10H,3-7,9H2,1-2H3. The number of aliphatic hydroxyl groups is 1. The zero-order chi connectivity index (χ0) is 9.45. The molecule has 0 fully saturated rings. The molecule has 0 saturated carbocycles. The fourth-order valence-corrected chi connectivity index (χ4v) is 1.68. The van der Waals surface area contributed by atoms with Gasteiger partial charge in [0.05, 0.1) is 5.60 Å². The lowest BCUT2D eigenvalue weighted by Crippen LogP contribution is -2.36. The molecule has 12 heavy (non-hydrogen) atoms. The zero-order valence-corrected chi connectivity index (χ0v) is 8.69. The van der Waals surface area contributed by atoms with Crippen LogP contribution in [-0.2, 0) is 4.74 Å². The van der Waals surface area contributed by atoms with E-state index in [4.69, 9.17) is 10.5 Å². The Hall–Kier alpha value is 0.230. The Morgan fingerprint density at radius 1 is 1.58 bits per heavy atom. The van der Waals surface area contributed by atoms with E-state index in [1.165, 1.54) is 0 Å². The summed E-state index contributed by atoms with van der Waals surface area (Å²) in [4.78, 5) is 0. The Morgan fingerprint density at radius 2 is 2.25 bits per heavy atom. The van der Waals surface area contributed by atoms with Gasteiger partial charge in [-0.25, -0.2) is 0 Å². The van der Waals surface area contributed by atoms with Crippen molar-refractivity contribution in [3.05, 3.63) is 0 Å². The molecule has 3 nitrogen and oxygen atoms in total. The number of hydrogen-bond acceptors (Lipinski definition) is 4. The van der Waals surface area contributed by atoms with E-state index < -0.39 is 5.60 Å². The second-order valence-electron chi connectivity index (χ2n) is 3.10. The van der Waals surface area contributed by atoms with Crippen LogP contribution in [0.5, 0.6) is 0 Å². The summed E-state index contributed by atoms with van der Waals surface area (Å²) in [5.74, 6) is 1.72. The van der Waals surface area contributed by atoms with Crippen molar-refractivity contribution in [2.24, 2.45) is 5.73 Å². The quantitative estimate of drug-likeness (QED) is 0.577. The molecule has 0 aliphatic rings. The normalized spacial score (nSPS) is 16.0. The highest BCUT2D eigenvalue weighted by Crippen LogP contribution is 2.12. The molecular weight excluding hydrogens is 174 g/mol. The summed E-state index contributed by atoms with van der Waals surface area (Å²) in [7, 11) is 1.70. The summed E-state index contributed by atoms with van der Waals surface area (Å²) in [6.07, 6.45) is 1.03. The van der Waals surface area contributed by atoms with Gasteiger partial charge >= 0.3 is 0 Å². The van der Waals surface area contributed by atoms with Gasteiger partial charge in [0, 0.05) is 26.0 Å². The Balaban J connectivity index is 3.19. The Kier molecular flexibility index (Phi) is 6.84. The van der Waals surface area contributed by atoms with Gasteiger partial charge < -0.3 is 15.6 Å². The molecule has 4 heteroatoms. The average Bonchev–Trinajstić information content (AvgIpc) is 2.04. The van der Waals surface area contributed by atoms with Gasteiger partial charge in [-0.1, -0.05) is 0 Å². The average molecular weight is 193 g/mol. The van der Waals surface area contributed by atoms with Crippen molar-refractivity contribution in [3.63, 3.8) is 0 Å². The van der Waals surface area contributed by atoms with Gasteiger partial charge in [-0.3, -0.25) is 0 Å². The molecule has 0 aromatic carbocycles. The second-order valence-corrected chi connectivity index (χ2v) is 4.21. The van der Waals surface area contributed by atoms with Crippen molar-refractivity contribution in [1.82, 2.24) is 0 Å². The Labute approximate surface area is 78.7 Å². The highest BCUT2D eigenvalue weighted by molar-refractivity contribution is 7.99. The third kappa shape index (κ3) is 6.91. The van der Waals surface area contributed by atoms with Crippen LogP contribution >= 0.6 is 11.8 Å². The van der Waals surface area contributed by atoms with Gasteiger partial charge in [0.25, 0.3) is 0 Å². The highest BCUT2D eigenvalue weighted by Gasteiger charge is 2.16. The molecule has 3 N–H and O–H groups in total. The lowest BCUT2D eigenvalue weighted by Gasteiger charge is -2.19. The zero-order valence-electron chi connectivity index (χ0n) is 7.88. The minimum atomic E-state index is -0.711. The van der Waals surface area contributed by atoms with Crippen LogP contribution in [0.4, 0.5) is 0 Å². The van der Waals surface area contributed by atoms with Crippen LogP contribution in [0.2, 0.25) is 0 Å². The van der Waals surface area contributed by atoms with Crippen molar-refractivity contribution in [2.45, 2.75) is 18.9 Å². The van der Waals surface area contributed by atoms with E-state index in [0.29, 0.717) is 12.3 Å². The summed E-state index contributed by atoms with van der Waals surface area (Å²) >= 11 is 1.71. The molecule has 0 bridgehead atoms. The predicted molar refractivity (Wildman–Crippen MR) is 53.5 cm³/mol. The van der Waals surface area contributed by atoms with Crippen LogP contribution < -0.4 is 5.73 Å². The van der Waals surface area contributed by atoms with E-state index >= 15 is 0 Å². The molecule has 0 radical (unpaired) electrons. The minimum absolute atomic E-state index is 0.324. The summed E-state index contributed by atoms with van der Waals surface area (Å²) in [6.45, 7) is 2.87. The molecule has 0 aromatic heterocycles. The monoisotopic (exact) mass is 193 g/mol. The van der Waals surface area contributed by atoms with Crippen molar-refractivity contribution in [3.8, 4) is 0 Å². The van der Waals surface area contributed by atoms with Crippen LogP contribution in [-0.4, -0.2) is 42.5 Å². The van der Waals surface area contributed by atoms with Crippen molar-refractivity contribution < 1.29 is 9.84 Å². The Bertz CT molecular complexity index is 109. The van der Waals surface area contributed by atoms with Gasteiger partial charge in [-0.15, -0.1) is 0 Å². The van der Waals surface area contributed by atoms with Gasteiger partial charge in [0.1, 0.15) is 0 Å². The number of rotatable bonds is 7. The maximum absolute atomic E-state index is 9.50. The second kappa shape index (κ2) is 6.71. The summed E-state index contributed by atoms with van der Waals surface area (Å²) in [5.41, 5.74) is 4.65. The first kappa shape index (κ1) is 12.2. The maximum atomic E-state index is 9.50. The number of methoxy groups -OCH3 is 1. The molecule has 1 atom stereocenters. The maximum Gasteiger partial charge on any atom is 0.0831 e. The first-order valence-corrected chi connectivity index (χ1v) is 5.27. The van der Waals surface area contributed by atoms with E-state index in [-0.39, 0.29) is 0 Å². The fourth-order valence-electron chi connectivity index (χ4n) is 0.656. The number of thioether (sulfide) groups is 1. The molecule has 1 unspecified atom stereocenters. The molecule has 0 rings (SSSR count). The lowest BCUT2D eigenvalue weighted by atomic mass is 10.1. The van der Waals surface area contributed by atoms with E-state index in [1.807, 2.05) is 0 Å². The van der Waals surface area contributed by atoms with Crippen molar-refractivity contribution in [2.75, 3.05) is 31.8 Å². The number of nitrogens with two attached hydrogens (primary N) is 1. The SMILES string of the molecule is COCCCSCC(C)(O)CN. The molecule has 0 heterocycles. The summed E-state index contributed by atoms with van der Waals surface area (Å²) in [5, 5.41) is 9.50. The highest BCUT2D eigenvalue weighted by atomic mass is 32.2. The molecule has 0 amide bonds. The number of ether oxygens (including phenoxy) is 1. The fraction of sp³-hybridized carbons (Fsp3) is 1.00. The first-order chi connectivity index (χ1) is 5.62. The van der Waals surface area contributed by atoms with Crippen LogP contribution in [0, 0.1) is 0 Å². The summed E-state index contributed by atoms with van der Waals surface area (Å²) in [6, 6.07) is 0. The molecule has 0 saturated heterocycles. The molecule has 0 aliphatic heterocycles. The Morgan fingerprint density at radius 3 is 2.75 bits per heavy atom. The minimum Gasteiger partial charge on any atom is -0.388 e. The molecule has 74 valence electrons. The molecule has 0 spiro atoms. The van der Waals surface area contributed by atoms with Gasteiger partial charge in [-0.2, -0.15) is 11.8 Å². The van der Waals surface area contributed by atoms with Gasteiger partial charge in [0.2, 0.25) is 0 Å². The summed E-state index contributed by atoms with van der Waals surface area (Å²) < 4.78 is 4.90. The van der Waals surface area contributed by atoms with E-state index in [9.17, 15) is 5.11 Å². The van der Waals surface area contributed by atoms with Gasteiger partial charge in [0.15, 0.2) is 0 Å². The number of hydrogen-bond donors (Lipinski definition) is 2. The molecule has 0 aliphatic carbocycles. The van der Waals surface area contributed by atoms with Gasteiger partial charge in [-0.05, 0) is 19.1 Å². The van der Waals surface area contributed by atoms with Crippen LogP contribution in [0.15, 0.2) is 0 Å². The van der Waals surface area contributed by atoms with Crippen LogP contribution in [0.25, 0.3) is 0 Å². The molecular formula is C8H19NO2S. The van der Waals surface area contributed by atoms with E-state index in [2.05, 4.69) is 0 Å².